The molecule has 12 nitrogen and oxygen atoms in total. The normalized spacial score (nSPS) is 19.8. The predicted molar refractivity (Wildman–Crippen MR) is 136 cm³/mol. The second kappa shape index (κ2) is 11.6. The van der Waals surface area contributed by atoms with E-state index < -0.39 is 38.0 Å². The minimum Gasteiger partial charge on any atom is -0.339 e. The molecule has 3 heterocycles. The summed E-state index contributed by atoms with van der Waals surface area (Å²) >= 11 is 0. The summed E-state index contributed by atoms with van der Waals surface area (Å²) in [6.07, 6.45) is -3.77. The zero-order chi connectivity index (χ0) is 29.3. The Morgan fingerprint density at radius 3 is 2.15 bits per heavy atom. The van der Waals surface area contributed by atoms with Crippen molar-refractivity contribution in [1.82, 2.24) is 23.7 Å². The highest BCUT2D eigenvalue weighted by molar-refractivity contribution is 7.89. The molecule has 2 fully saturated rings. The van der Waals surface area contributed by atoms with Gasteiger partial charge in [0.15, 0.2) is 0 Å². The number of aromatic nitrogens is 2. The Balaban J connectivity index is 1.39. The van der Waals surface area contributed by atoms with Crippen LogP contribution in [0.1, 0.15) is 32.5 Å². The fourth-order valence-electron chi connectivity index (χ4n) is 4.84. The van der Waals surface area contributed by atoms with Gasteiger partial charge in [0.1, 0.15) is 0 Å². The van der Waals surface area contributed by atoms with Crippen molar-refractivity contribution in [3.05, 3.63) is 30.1 Å². The van der Waals surface area contributed by atoms with Gasteiger partial charge in [-0.2, -0.15) is 26.8 Å². The second-order valence-corrected chi connectivity index (χ2v) is 13.3. The molecular weight excluding hydrogens is 577 g/mol. The summed E-state index contributed by atoms with van der Waals surface area (Å²) in [5.74, 6) is -2.19. The Morgan fingerprint density at radius 2 is 1.60 bits per heavy atom. The van der Waals surface area contributed by atoms with E-state index in [0.717, 1.165) is 0 Å². The van der Waals surface area contributed by atoms with Crippen molar-refractivity contribution in [2.45, 2.75) is 42.7 Å². The van der Waals surface area contributed by atoms with Crippen molar-refractivity contribution in [2.75, 3.05) is 57.3 Å². The SMILES string of the molecule is CCN(CC)S(=O)(=O)c1ccc(S(=O)(=O)N2CCC[C@@H](C(=O)N3CCN(c4nc(C(F)(F)F)no4)CC3)C2)cc1. The van der Waals surface area contributed by atoms with Gasteiger partial charge in [0.2, 0.25) is 26.0 Å². The lowest BCUT2D eigenvalue weighted by molar-refractivity contribution is -0.146. The van der Waals surface area contributed by atoms with Gasteiger partial charge in [-0.1, -0.05) is 13.8 Å². The number of halogens is 3. The lowest BCUT2D eigenvalue weighted by Crippen LogP contribution is -2.53. The Labute approximate surface area is 230 Å². The maximum Gasteiger partial charge on any atom is 0.455 e. The van der Waals surface area contributed by atoms with E-state index in [-0.39, 0.29) is 74.1 Å². The molecular formula is C23H31F3N6O6S2. The van der Waals surface area contributed by atoms with Crippen molar-refractivity contribution in [1.29, 1.82) is 0 Å². The van der Waals surface area contributed by atoms with Gasteiger partial charge in [-0.05, 0) is 42.3 Å². The summed E-state index contributed by atoms with van der Waals surface area (Å²) in [7, 11) is -7.72. The van der Waals surface area contributed by atoms with Gasteiger partial charge in [0, 0.05) is 52.4 Å². The number of sulfonamides is 2. The van der Waals surface area contributed by atoms with Crippen LogP contribution in [0.5, 0.6) is 0 Å². The van der Waals surface area contributed by atoms with Crippen LogP contribution in [0.25, 0.3) is 0 Å². The van der Waals surface area contributed by atoms with Crippen molar-refractivity contribution >= 4 is 32.0 Å². The maximum atomic E-state index is 13.3. The van der Waals surface area contributed by atoms with Crippen LogP contribution in [-0.4, -0.2) is 98.8 Å². The first-order chi connectivity index (χ1) is 18.8. The smallest absolute Gasteiger partial charge is 0.339 e. The molecule has 0 unspecified atom stereocenters. The molecule has 1 atom stereocenters. The number of carbonyl (C=O) groups excluding carboxylic acids is 1. The number of hydrogen-bond acceptors (Lipinski definition) is 9. The number of carbonyl (C=O) groups is 1. The van der Waals surface area contributed by atoms with Crippen LogP contribution in [0.4, 0.5) is 19.2 Å². The molecule has 17 heteroatoms. The molecule has 0 spiro atoms. The van der Waals surface area contributed by atoms with Crippen LogP contribution in [-0.2, 0) is 31.0 Å². The zero-order valence-corrected chi connectivity index (χ0v) is 23.7. The number of benzene rings is 1. The van der Waals surface area contributed by atoms with E-state index in [1.165, 1.54) is 37.8 Å². The molecule has 4 rings (SSSR count). The van der Waals surface area contributed by atoms with Gasteiger partial charge in [0.05, 0.1) is 15.7 Å². The Bertz CT molecular complexity index is 1400. The highest BCUT2D eigenvalue weighted by Crippen LogP contribution is 2.29. The third kappa shape index (κ3) is 6.11. The third-order valence-electron chi connectivity index (χ3n) is 7.07. The quantitative estimate of drug-likeness (QED) is 0.440. The molecule has 0 saturated carbocycles. The topological polar surface area (TPSA) is 137 Å². The fourth-order valence-corrected chi connectivity index (χ4v) is 7.82. The number of rotatable bonds is 8. The molecule has 0 bridgehead atoms. The monoisotopic (exact) mass is 608 g/mol. The number of alkyl halides is 3. The zero-order valence-electron chi connectivity index (χ0n) is 22.0. The van der Waals surface area contributed by atoms with Crippen LogP contribution in [0, 0.1) is 5.92 Å². The van der Waals surface area contributed by atoms with Gasteiger partial charge in [-0.3, -0.25) is 4.79 Å². The Kier molecular flexibility index (Phi) is 8.77. The van der Waals surface area contributed by atoms with Gasteiger partial charge in [-0.15, -0.1) is 0 Å². The van der Waals surface area contributed by atoms with Crippen LogP contribution in [0.2, 0.25) is 0 Å². The highest BCUT2D eigenvalue weighted by Gasteiger charge is 2.39. The van der Waals surface area contributed by atoms with E-state index in [2.05, 4.69) is 10.1 Å². The van der Waals surface area contributed by atoms with Gasteiger partial charge < -0.3 is 14.3 Å². The minimum absolute atomic E-state index is 0.00356. The van der Waals surface area contributed by atoms with E-state index in [4.69, 9.17) is 4.52 Å². The molecule has 222 valence electrons. The molecule has 40 heavy (non-hydrogen) atoms. The van der Waals surface area contributed by atoms with Crippen LogP contribution >= 0.6 is 0 Å². The summed E-state index contributed by atoms with van der Waals surface area (Å²) in [5.41, 5.74) is 0. The van der Waals surface area contributed by atoms with E-state index in [9.17, 15) is 34.8 Å². The Morgan fingerprint density at radius 1 is 1.00 bits per heavy atom. The maximum absolute atomic E-state index is 13.3. The molecule has 2 aliphatic heterocycles. The van der Waals surface area contributed by atoms with Gasteiger partial charge >= 0.3 is 12.2 Å². The van der Waals surface area contributed by atoms with Gasteiger partial charge in [-0.25, -0.2) is 16.8 Å². The summed E-state index contributed by atoms with van der Waals surface area (Å²) in [6.45, 7) is 4.97. The first kappa shape index (κ1) is 30.2. The number of hydrogen-bond donors (Lipinski definition) is 0. The molecule has 2 aromatic rings. The van der Waals surface area contributed by atoms with Crippen LogP contribution in [0.15, 0.2) is 38.6 Å². The van der Waals surface area contributed by atoms with Gasteiger partial charge in [0.25, 0.3) is 5.82 Å². The average molecular weight is 609 g/mol. The average Bonchev–Trinajstić information content (AvgIpc) is 3.45. The summed E-state index contributed by atoms with van der Waals surface area (Å²) < 4.78 is 97.7. The lowest BCUT2D eigenvalue weighted by atomic mass is 9.98. The van der Waals surface area contributed by atoms with Crippen LogP contribution in [0.3, 0.4) is 0 Å². The summed E-state index contributed by atoms with van der Waals surface area (Å²) in [6, 6.07) is 4.79. The van der Waals surface area contributed by atoms with E-state index in [1.54, 1.807) is 18.7 Å². The standard InChI is InChI=1S/C23H31F3N6O6S2/c1-3-31(4-2)39(34,35)18-7-9-19(10-8-18)40(36,37)32-11-5-6-17(16-32)20(33)29-12-14-30(15-13-29)22-27-21(28-38-22)23(24,25)26/h7-10,17H,3-6,11-16H2,1-2H3/t17-/m1/s1. The molecule has 0 radical (unpaired) electrons. The Hall–Kier alpha value is -2.76. The summed E-state index contributed by atoms with van der Waals surface area (Å²) in [4.78, 5) is 19.6. The predicted octanol–water partition coefficient (Wildman–Crippen LogP) is 1.87. The van der Waals surface area contributed by atoms with Crippen molar-refractivity contribution in [3.8, 4) is 0 Å². The molecule has 0 N–H and O–H groups in total. The largest absolute Gasteiger partial charge is 0.455 e. The van der Waals surface area contributed by atoms with Crippen molar-refractivity contribution < 1.29 is 39.3 Å². The molecule has 2 aliphatic rings. The van der Waals surface area contributed by atoms with Crippen LogP contribution < -0.4 is 4.90 Å². The molecule has 2 saturated heterocycles. The molecule has 1 amide bonds. The summed E-state index contributed by atoms with van der Waals surface area (Å²) in [5, 5.41) is 2.95. The lowest BCUT2D eigenvalue weighted by Gasteiger charge is -2.38. The third-order valence-corrected chi connectivity index (χ3v) is 11.0. The first-order valence-electron chi connectivity index (χ1n) is 12.8. The fraction of sp³-hybridized carbons (Fsp3) is 0.609. The highest BCUT2D eigenvalue weighted by atomic mass is 32.2. The van der Waals surface area contributed by atoms with Crippen molar-refractivity contribution in [2.24, 2.45) is 5.92 Å². The van der Waals surface area contributed by atoms with E-state index in [1.807, 2.05) is 0 Å². The molecule has 1 aromatic carbocycles. The number of amides is 1. The van der Waals surface area contributed by atoms with E-state index >= 15 is 0 Å². The number of anilines is 1. The molecule has 1 aromatic heterocycles. The first-order valence-corrected chi connectivity index (χ1v) is 15.7. The number of nitrogens with zero attached hydrogens (tertiary/aromatic N) is 6. The molecule has 0 aliphatic carbocycles. The number of piperidine rings is 1. The minimum atomic E-state index is -4.72. The second-order valence-electron chi connectivity index (χ2n) is 9.47. The number of piperazine rings is 1. The van der Waals surface area contributed by atoms with E-state index in [0.29, 0.717) is 12.8 Å². The van der Waals surface area contributed by atoms with Crippen molar-refractivity contribution in [3.63, 3.8) is 0 Å².